The number of aromatic nitrogens is 4. The van der Waals surface area contributed by atoms with Crippen molar-refractivity contribution < 1.29 is 18.7 Å². The van der Waals surface area contributed by atoms with Gasteiger partial charge in [0.25, 0.3) is 5.91 Å². The summed E-state index contributed by atoms with van der Waals surface area (Å²) in [5.74, 6) is -1.21. The van der Waals surface area contributed by atoms with Crippen LogP contribution < -0.4 is 11.0 Å². The second-order valence-electron chi connectivity index (χ2n) is 12.4. The van der Waals surface area contributed by atoms with Crippen molar-refractivity contribution in [2.24, 2.45) is 5.92 Å². The minimum Gasteiger partial charge on any atom is -0.444 e. The first kappa shape index (κ1) is 33.6. The third-order valence-electron chi connectivity index (χ3n) is 7.15. The van der Waals surface area contributed by atoms with Crippen LogP contribution in [0.1, 0.15) is 80.1 Å². The first-order valence-electron chi connectivity index (χ1n) is 14.9. The lowest BCUT2D eigenvalue weighted by Crippen LogP contribution is -2.44. The zero-order valence-electron chi connectivity index (χ0n) is 26.7. The molecule has 0 aliphatic carbocycles. The van der Waals surface area contributed by atoms with Crippen molar-refractivity contribution in [3.63, 3.8) is 0 Å². The van der Waals surface area contributed by atoms with E-state index in [1.54, 1.807) is 40.7 Å². The fraction of sp³-hybridized carbons (Fsp3) is 0.424. The summed E-state index contributed by atoms with van der Waals surface area (Å²) in [6.45, 7) is 13.0. The highest BCUT2D eigenvalue weighted by molar-refractivity contribution is 6.34. The van der Waals surface area contributed by atoms with E-state index >= 15 is 4.39 Å². The lowest BCUT2D eigenvalue weighted by Gasteiger charge is -2.35. The largest absolute Gasteiger partial charge is 0.444 e. The van der Waals surface area contributed by atoms with Crippen LogP contribution in [0.3, 0.4) is 0 Å². The number of amides is 2. The van der Waals surface area contributed by atoms with E-state index in [2.05, 4.69) is 10.4 Å². The molecule has 1 unspecified atom stereocenters. The summed E-state index contributed by atoms with van der Waals surface area (Å²) >= 11 is 6.56. The molecule has 10 nitrogen and oxygen atoms in total. The fourth-order valence-electron chi connectivity index (χ4n) is 5.11. The average molecular weight is 639 g/mol. The second kappa shape index (κ2) is 13.8. The molecule has 2 heterocycles. The normalized spacial score (nSPS) is 12.4. The summed E-state index contributed by atoms with van der Waals surface area (Å²) in [5.41, 5.74) is 0.870. The Morgan fingerprint density at radius 3 is 2.42 bits per heavy atom. The van der Waals surface area contributed by atoms with Crippen LogP contribution in [0, 0.1) is 25.6 Å². The molecule has 12 heteroatoms. The number of nitrogens with one attached hydrogen (secondary N) is 1. The molecular formula is C33H40ClFN6O4. The van der Waals surface area contributed by atoms with Gasteiger partial charge in [-0.25, -0.2) is 19.0 Å². The molecule has 240 valence electrons. The number of carbonyl (C=O) groups excluding carboxylic acids is 2. The molecule has 2 aromatic heterocycles. The SMILES string of the molecule is Cc1ccc(C(=O)N(CCCNC(=O)OC(C)(C)C)C(c2nc3c(Cl)c(C)nn3c(=O)n2Cc2ccccc2)C(C)C)c(F)c1. The molecule has 2 amide bonds. The Labute approximate surface area is 267 Å². The molecule has 45 heavy (non-hydrogen) atoms. The maximum absolute atomic E-state index is 15.3. The number of alkyl carbamates (subject to hydrolysis) is 1. The van der Waals surface area contributed by atoms with Crippen LogP contribution in [0.2, 0.25) is 5.02 Å². The summed E-state index contributed by atoms with van der Waals surface area (Å²) in [6.07, 6.45) is -0.265. The van der Waals surface area contributed by atoms with E-state index in [4.69, 9.17) is 21.3 Å². The van der Waals surface area contributed by atoms with Gasteiger partial charge in [-0.3, -0.25) is 9.36 Å². The molecule has 0 bridgehead atoms. The molecule has 0 saturated heterocycles. The highest BCUT2D eigenvalue weighted by Gasteiger charge is 2.34. The van der Waals surface area contributed by atoms with Crippen molar-refractivity contribution >= 4 is 29.2 Å². The summed E-state index contributed by atoms with van der Waals surface area (Å²) in [7, 11) is 0. The predicted octanol–water partition coefficient (Wildman–Crippen LogP) is 6.10. The zero-order valence-corrected chi connectivity index (χ0v) is 27.5. The van der Waals surface area contributed by atoms with E-state index in [9.17, 15) is 14.4 Å². The molecule has 4 rings (SSSR count). The topological polar surface area (TPSA) is 111 Å². The Morgan fingerprint density at radius 1 is 1.11 bits per heavy atom. The van der Waals surface area contributed by atoms with E-state index < -0.39 is 35.2 Å². The lowest BCUT2D eigenvalue weighted by molar-refractivity contribution is 0.0519. The fourth-order valence-corrected chi connectivity index (χ4v) is 5.27. The molecule has 4 aromatic rings. The van der Waals surface area contributed by atoms with E-state index in [0.29, 0.717) is 17.7 Å². The van der Waals surface area contributed by atoms with Gasteiger partial charge < -0.3 is 15.0 Å². The van der Waals surface area contributed by atoms with Gasteiger partial charge in [0.1, 0.15) is 22.3 Å². The summed E-state index contributed by atoms with van der Waals surface area (Å²) in [6, 6.07) is 13.1. The Kier molecular flexibility index (Phi) is 10.3. The first-order valence-corrected chi connectivity index (χ1v) is 15.3. The van der Waals surface area contributed by atoms with Gasteiger partial charge in [0, 0.05) is 13.1 Å². The summed E-state index contributed by atoms with van der Waals surface area (Å²) in [5, 5.41) is 7.26. The third-order valence-corrected chi connectivity index (χ3v) is 7.59. The van der Waals surface area contributed by atoms with Crippen LogP contribution in [-0.4, -0.2) is 54.8 Å². The molecule has 0 aliphatic rings. The van der Waals surface area contributed by atoms with Crippen LogP contribution in [0.5, 0.6) is 0 Å². The molecule has 0 radical (unpaired) electrons. The van der Waals surface area contributed by atoms with E-state index in [1.807, 2.05) is 44.2 Å². The molecule has 1 atom stereocenters. The van der Waals surface area contributed by atoms with Crippen molar-refractivity contribution in [1.82, 2.24) is 29.4 Å². The van der Waals surface area contributed by atoms with Crippen molar-refractivity contribution in [3.8, 4) is 0 Å². The third kappa shape index (κ3) is 7.89. The number of hydrogen-bond donors (Lipinski definition) is 1. The molecular weight excluding hydrogens is 599 g/mol. The number of rotatable bonds is 10. The minimum atomic E-state index is -0.785. The Hall–Kier alpha value is -4.25. The Bertz CT molecular complexity index is 1750. The Balaban J connectivity index is 1.83. The summed E-state index contributed by atoms with van der Waals surface area (Å²) < 4.78 is 23.2. The van der Waals surface area contributed by atoms with Gasteiger partial charge in [-0.2, -0.15) is 9.61 Å². The van der Waals surface area contributed by atoms with Gasteiger partial charge in [-0.1, -0.05) is 61.8 Å². The number of fused-ring (bicyclic) bond motifs is 1. The number of benzene rings is 2. The van der Waals surface area contributed by atoms with Crippen LogP contribution in [0.4, 0.5) is 9.18 Å². The van der Waals surface area contributed by atoms with Crippen LogP contribution in [0.15, 0.2) is 53.3 Å². The van der Waals surface area contributed by atoms with Gasteiger partial charge in [-0.15, -0.1) is 0 Å². The number of carbonyl (C=O) groups is 2. The van der Waals surface area contributed by atoms with Gasteiger partial charge >= 0.3 is 11.8 Å². The smallest absolute Gasteiger partial charge is 0.407 e. The standard InChI is InChI=1S/C33H40ClFN6O4/c1-20(2)27(29-37-28-26(34)22(4)38-41(28)32(44)40(29)19-23-12-9-8-10-13-23)39(17-11-16-36-31(43)45-33(5,6)7)30(42)24-15-14-21(3)18-25(24)35/h8-10,12-15,18,20,27H,11,16-17,19H2,1-7H3,(H,36,43). The zero-order chi connectivity index (χ0) is 33.1. The maximum atomic E-state index is 15.3. The van der Waals surface area contributed by atoms with Crippen molar-refractivity contribution in [2.75, 3.05) is 13.1 Å². The van der Waals surface area contributed by atoms with Crippen LogP contribution in [0.25, 0.3) is 5.65 Å². The number of halogens is 2. The van der Waals surface area contributed by atoms with Gasteiger partial charge in [0.05, 0.1) is 23.8 Å². The molecule has 1 N–H and O–H groups in total. The van der Waals surface area contributed by atoms with E-state index in [-0.39, 0.29) is 47.6 Å². The van der Waals surface area contributed by atoms with Crippen molar-refractivity contribution in [2.45, 2.75) is 73.1 Å². The highest BCUT2D eigenvalue weighted by Crippen LogP contribution is 2.31. The number of ether oxygens (including phenoxy) is 1. The lowest BCUT2D eigenvalue weighted by atomic mass is 9.99. The molecule has 0 aliphatic heterocycles. The molecule has 0 saturated carbocycles. The number of aryl methyl sites for hydroxylation is 2. The van der Waals surface area contributed by atoms with Gasteiger partial charge in [0.15, 0.2) is 5.65 Å². The monoisotopic (exact) mass is 638 g/mol. The van der Waals surface area contributed by atoms with Crippen LogP contribution in [-0.2, 0) is 11.3 Å². The second-order valence-corrected chi connectivity index (χ2v) is 12.8. The first-order chi connectivity index (χ1) is 21.2. The van der Waals surface area contributed by atoms with Gasteiger partial charge in [0.2, 0.25) is 0 Å². The van der Waals surface area contributed by atoms with E-state index in [1.165, 1.54) is 21.6 Å². The Morgan fingerprint density at radius 2 is 1.80 bits per heavy atom. The average Bonchev–Trinajstić information content (AvgIpc) is 3.24. The van der Waals surface area contributed by atoms with Gasteiger partial charge in [-0.05, 0) is 70.2 Å². The molecule has 0 fully saturated rings. The van der Waals surface area contributed by atoms with Crippen molar-refractivity contribution in [3.05, 3.63) is 98.1 Å². The quantitative estimate of drug-likeness (QED) is 0.210. The summed E-state index contributed by atoms with van der Waals surface area (Å²) in [4.78, 5) is 46.9. The van der Waals surface area contributed by atoms with Crippen LogP contribution >= 0.6 is 11.6 Å². The highest BCUT2D eigenvalue weighted by atomic mass is 35.5. The minimum absolute atomic E-state index is 0.109. The molecule has 0 spiro atoms. The van der Waals surface area contributed by atoms with E-state index in [0.717, 1.165) is 10.1 Å². The van der Waals surface area contributed by atoms with Crippen molar-refractivity contribution in [1.29, 1.82) is 0 Å². The molecule has 2 aromatic carbocycles. The number of hydrogen-bond acceptors (Lipinski definition) is 6. The predicted molar refractivity (Wildman–Crippen MR) is 171 cm³/mol. The number of nitrogens with zero attached hydrogens (tertiary/aromatic N) is 5. The maximum Gasteiger partial charge on any atom is 0.407 e.